The third-order valence-corrected chi connectivity index (χ3v) is 5.55. The summed E-state index contributed by atoms with van der Waals surface area (Å²) in [5.74, 6) is 0.914. The lowest BCUT2D eigenvalue weighted by atomic mass is 10.2. The molecule has 3 rings (SSSR count). The van der Waals surface area contributed by atoms with Crippen molar-refractivity contribution in [2.75, 3.05) is 14.2 Å². The summed E-state index contributed by atoms with van der Waals surface area (Å²) in [6, 6.07) is 8.21. The average molecular weight is 409 g/mol. The molecule has 2 heterocycles. The second-order valence-corrected chi connectivity index (χ2v) is 7.84. The second-order valence-electron chi connectivity index (χ2n) is 5.28. The number of ether oxygens (including phenoxy) is 1. The van der Waals surface area contributed by atoms with Crippen LogP contribution >= 0.6 is 38.6 Å². The van der Waals surface area contributed by atoms with Gasteiger partial charge < -0.3 is 4.74 Å². The third kappa shape index (κ3) is 4.20. The van der Waals surface area contributed by atoms with Gasteiger partial charge in [-0.05, 0) is 36.7 Å². The summed E-state index contributed by atoms with van der Waals surface area (Å²) in [7, 11) is 3.81. The summed E-state index contributed by atoms with van der Waals surface area (Å²) in [6.45, 7) is 1.63. The largest absolute Gasteiger partial charge is 0.496 e. The van der Waals surface area contributed by atoms with E-state index < -0.39 is 0 Å². The molecule has 3 nitrogen and oxygen atoms in total. The summed E-state index contributed by atoms with van der Waals surface area (Å²) in [5.41, 5.74) is 3.48. The van der Waals surface area contributed by atoms with Crippen molar-refractivity contribution >= 4 is 38.6 Å². The highest BCUT2D eigenvalue weighted by Gasteiger charge is 2.10. The molecule has 0 bridgehead atoms. The maximum absolute atomic E-state index is 5.44. The number of aromatic nitrogens is 1. The van der Waals surface area contributed by atoms with Gasteiger partial charge in [0.15, 0.2) is 0 Å². The highest BCUT2D eigenvalue weighted by molar-refractivity contribution is 9.10. The van der Waals surface area contributed by atoms with Gasteiger partial charge in [0.1, 0.15) is 10.8 Å². The number of hydrogen-bond donors (Lipinski definition) is 0. The van der Waals surface area contributed by atoms with Crippen LogP contribution in [0.15, 0.2) is 44.9 Å². The molecule has 0 fully saturated rings. The highest BCUT2D eigenvalue weighted by atomic mass is 79.9. The number of benzene rings is 1. The average Bonchev–Trinajstić information content (AvgIpc) is 3.18. The molecule has 0 atom stereocenters. The molecule has 0 amide bonds. The van der Waals surface area contributed by atoms with Crippen LogP contribution in [0.5, 0.6) is 5.75 Å². The summed E-state index contributed by atoms with van der Waals surface area (Å²) in [6.07, 6.45) is 0. The van der Waals surface area contributed by atoms with Gasteiger partial charge in [0, 0.05) is 39.4 Å². The molecular weight excluding hydrogens is 392 g/mol. The first-order valence-corrected chi connectivity index (χ1v) is 9.75. The van der Waals surface area contributed by atoms with E-state index in [1.54, 1.807) is 29.8 Å². The quantitative estimate of drug-likeness (QED) is 0.554. The fourth-order valence-corrected chi connectivity index (χ4v) is 4.32. The van der Waals surface area contributed by atoms with Gasteiger partial charge in [-0.3, -0.25) is 4.90 Å². The van der Waals surface area contributed by atoms with Crippen LogP contribution < -0.4 is 4.74 Å². The minimum Gasteiger partial charge on any atom is -0.496 e. The van der Waals surface area contributed by atoms with Crippen molar-refractivity contribution in [3.05, 3.63) is 56.1 Å². The van der Waals surface area contributed by atoms with Crippen LogP contribution in [0.4, 0.5) is 0 Å². The highest BCUT2D eigenvalue weighted by Crippen LogP contribution is 2.27. The van der Waals surface area contributed by atoms with Gasteiger partial charge in [-0.15, -0.1) is 11.3 Å². The van der Waals surface area contributed by atoms with Crippen LogP contribution in [0.25, 0.3) is 10.6 Å². The fourth-order valence-electron chi connectivity index (χ4n) is 2.39. The van der Waals surface area contributed by atoms with Gasteiger partial charge in [0.05, 0.1) is 12.8 Å². The van der Waals surface area contributed by atoms with E-state index in [4.69, 9.17) is 9.72 Å². The molecule has 0 aliphatic carbocycles. The monoisotopic (exact) mass is 408 g/mol. The second kappa shape index (κ2) is 7.57. The van der Waals surface area contributed by atoms with E-state index in [0.29, 0.717) is 0 Å². The van der Waals surface area contributed by atoms with Gasteiger partial charge in [-0.2, -0.15) is 11.3 Å². The topological polar surface area (TPSA) is 25.4 Å². The van der Waals surface area contributed by atoms with Crippen molar-refractivity contribution in [3.63, 3.8) is 0 Å². The lowest BCUT2D eigenvalue weighted by molar-refractivity contribution is 0.307. The number of halogens is 1. The molecule has 0 N–H and O–H groups in total. The first-order chi connectivity index (χ1) is 11.2. The standard InChI is InChI=1S/C17H17BrN2OS2/c1-20(8-13-7-14(18)3-4-16(13)21-2)9-15-11-23-17(19-15)12-5-6-22-10-12/h3-7,10-11H,8-9H2,1-2H3. The van der Waals surface area contributed by atoms with Crippen LogP contribution in [-0.4, -0.2) is 24.0 Å². The lowest BCUT2D eigenvalue weighted by Gasteiger charge is -2.17. The van der Waals surface area contributed by atoms with E-state index >= 15 is 0 Å². The number of rotatable bonds is 6. The minimum atomic E-state index is 0.813. The Morgan fingerprint density at radius 2 is 2.09 bits per heavy atom. The molecule has 0 spiro atoms. The van der Waals surface area contributed by atoms with Crippen LogP contribution in [0.3, 0.4) is 0 Å². The molecular formula is C17H17BrN2OS2. The summed E-state index contributed by atoms with van der Waals surface area (Å²) < 4.78 is 6.51. The van der Waals surface area contributed by atoms with Crippen LogP contribution in [-0.2, 0) is 13.1 Å². The SMILES string of the molecule is COc1ccc(Br)cc1CN(C)Cc1csc(-c2ccsc2)n1. The minimum absolute atomic E-state index is 0.813. The zero-order chi connectivity index (χ0) is 16.2. The van der Waals surface area contributed by atoms with Gasteiger partial charge in [0.25, 0.3) is 0 Å². The molecule has 0 aliphatic heterocycles. The van der Waals surface area contributed by atoms with Crippen molar-refractivity contribution in [1.82, 2.24) is 9.88 Å². The third-order valence-electron chi connectivity index (χ3n) is 3.43. The fraction of sp³-hybridized carbons (Fsp3) is 0.235. The molecule has 23 heavy (non-hydrogen) atoms. The number of methoxy groups -OCH3 is 1. The molecule has 3 aromatic rings. The van der Waals surface area contributed by atoms with Crippen molar-refractivity contribution in [3.8, 4) is 16.3 Å². The van der Waals surface area contributed by atoms with Crippen LogP contribution in [0, 0.1) is 0 Å². The maximum atomic E-state index is 5.44. The summed E-state index contributed by atoms with van der Waals surface area (Å²) >= 11 is 6.93. The zero-order valence-corrected chi connectivity index (χ0v) is 16.2. The Bertz CT molecular complexity index is 771. The Morgan fingerprint density at radius 1 is 1.22 bits per heavy atom. The lowest BCUT2D eigenvalue weighted by Crippen LogP contribution is -2.18. The summed E-state index contributed by atoms with van der Waals surface area (Å²) in [4.78, 5) is 6.98. The molecule has 2 aromatic heterocycles. The molecule has 1 aromatic carbocycles. The molecule has 0 unspecified atom stereocenters. The van der Waals surface area contributed by atoms with E-state index in [1.807, 2.05) is 12.1 Å². The van der Waals surface area contributed by atoms with E-state index in [1.165, 1.54) is 5.56 Å². The Hall–Kier alpha value is -1.21. The predicted octanol–water partition coefficient (Wildman–Crippen LogP) is 5.27. The van der Waals surface area contributed by atoms with Gasteiger partial charge in [0.2, 0.25) is 0 Å². The smallest absolute Gasteiger partial charge is 0.124 e. The van der Waals surface area contributed by atoms with E-state index in [2.05, 4.69) is 56.2 Å². The van der Waals surface area contributed by atoms with E-state index in [-0.39, 0.29) is 0 Å². The van der Waals surface area contributed by atoms with Crippen LogP contribution in [0.1, 0.15) is 11.3 Å². The zero-order valence-electron chi connectivity index (χ0n) is 13.0. The maximum Gasteiger partial charge on any atom is 0.124 e. The van der Waals surface area contributed by atoms with Crippen molar-refractivity contribution in [2.24, 2.45) is 0 Å². The number of thiazole rings is 1. The van der Waals surface area contributed by atoms with Crippen molar-refractivity contribution in [2.45, 2.75) is 13.1 Å². The Kier molecular flexibility index (Phi) is 5.48. The normalized spacial score (nSPS) is 11.1. The van der Waals surface area contributed by atoms with E-state index in [9.17, 15) is 0 Å². The first kappa shape index (κ1) is 16.6. The Labute approximate surface area is 152 Å². The number of hydrogen-bond acceptors (Lipinski definition) is 5. The molecule has 0 saturated heterocycles. The first-order valence-electron chi connectivity index (χ1n) is 7.13. The molecule has 120 valence electrons. The summed E-state index contributed by atoms with van der Waals surface area (Å²) in [5, 5.41) is 7.46. The Balaban J connectivity index is 1.68. The molecule has 6 heteroatoms. The van der Waals surface area contributed by atoms with E-state index in [0.717, 1.165) is 39.6 Å². The molecule has 0 aliphatic rings. The van der Waals surface area contributed by atoms with Crippen LogP contribution in [0.2, 0.25) is 0 Å². The van der Waals surface area contributed by atoms with Gasteiger partial charge in [-0.25, -0.2) is 4.98 Å². The van der Waals surface area contributed by atoms with Crippen molar-refractivity contribution < 1.29 is 4.74 Å². The van der Waals surface area contributed by atoms with Gasteiger partial charge in [-0.1, -0.05) is 15.9 Å². The molecule has 0 saturated carbocycles. The molecule has 0 radical (unpaired) electrons. The van der Waals surface area contributed by atoms with Gasteiger partial charge >= 0.3 is 0 Å². The Morgan fingerprint density at radius 3 is 2.83 bits per heavy atom. The number of nitrogens with zero attached hydrogens (tertiary/aromatic N) is 2. The predicted molar refractivity (Wildman–Crippen MR) is 101 cm³/mol. The van der Waals surface area contributed by atoms with Crippen molar-refractivity contribution in [1.29, 1.82) is 0 Å². The number of thiophene rings is 1.